The van der Waals surface area contributed by atoms with Crippen LogP contribution in [0.5, 0.6) is 0 Å². The van der Waals surface area contributed by atoms with Crippen LogP contribution < -0.4 is 5.32 Å². The van der Waals surface area contributed by atoms with Crippen molar-refractivity contribution in [1.82, 2.24) is 9.80 Å². The maximum Gasteiger partial charge on any atom is 0.409 e. The van der Waals surface area contributed by atoms with Gasteiger partial charge in [0.1, 0.15) is 0 Å². The fourth-order valence-corrected chi connectivity index (χ4v) is 2.87. The molecule has 1 aromatic rings. The first-order valence-corrected chi connectivity index (χ1v) is 8.92. The lowest BCUT2D eigenvalue weighted by Gasteiger charge is -2.33. The van der Waals surface area contributed by atoms with Crippen LogP contribution in [0, 0.1) is 0 Å². The van der Waals surface area contributed by atoms with E-state index < -0.39 is 0 Å². The van der Waals surface area contributed by atoms with Gasteiger partial charge in [-0.2, -0.15) is 0 Å². The van der Waals surface area contributed by atoms with Gasteiger partial charge >= 0.3 is 6.09 Å². The van der Waals surface area contributed by atoms with Crippen molar-refractivity contribution in [3.8, 4) is 0 Å². The summed E-state index contributed by atoms with van der Waals surface area (Å²) in [5.41, 5.74) is 0.812. The highest BCUT2D eigenvalue weighted by atomic mass is 32.2. The summed E-state index contributed by atoms with van der Waals surface area (Å²) in [7, 11) is 0. The zero-order chi connectivity index (χ0) is 16.7. The van der Waals surface area contributed by atoms with E-state index in [2.05, 4.69) is 5.32 Å². The largest absolute Gasteiger partial charge is 0.450 e. The van der Waals surface area contributed by atoms with Crippen LogP contribution >= 0.6 is 11.8 Å². The van der Waals surface area contributed by atoms with Gasteiger partial charge < -0.3 is 15.0 Å². The molecule has 1 aromatic carbocycles. The van der Waals surface area contributed by atoms with E-state index in [9.17, 15) is 9.59 Å². The van der Waals surface area contributed by atoms with E-state index >= 15 is 0 Å². The van der Waals surface area contributed by atoms with E-state index in [0.29, 0.717) is 39.3 Å². The molecule has 1 N–H and O–H groups in total. The average Bonchev–Trinajstić information content (AvgIpc) is 2.55. The summed E-state index contributed by atoms with van der Waals surface area (Å²) in [5, 5.41) is 2.92. The van der Waals surface area contributed by atoms with Gasteiger partial charge in [0.15, 0.2) is 0 Å². The van der Waals surface area contributed by atoms with Gasteiger partial charge in [0.2, 0.25) is 5.91 Å². The predicted octanol–water partition coefficient (Wildman–Crippen LogP) is 2.12. The maximum absolute atomic E-state index is 12.1. The predicted molar refractivity (Wildman–Crippen MR) is 91.9 cm³/mol. The van der Waals surface area contributed by atoms with E-state index in [1.807, 2.05) is 35.4 Å². The Bertz CT molecular complexity index is 545. The molecule has 1 aliphatic rings. The minimum absolute atomic E-state index is 0.0344. The highest BCUT2D eigenvalue weighted by Crippen LogP contribution is 2.18. The molecule has 0 bridgehead atoms. The zero-order valence-corrected chi connectivity index (χ0v) is 14.4. The number of hydrogen-bond donors (Lipinski definition) is 1. The van der Waals surface area contributed by atoms with Crippen molar-refractivity contribution in [2.75, 3.05) is 50.9 Å². The molecule has 0 saturated carbocycles. The van der Waals surface area contributed by atoms with Crippen molar-refractivity contribution in [3.05, 3.63) is 24.3 Å². The van der Waals surface area contributed by atoms with E-state index in [4.69, 9.17) is 4.74 Å². The Morgan fingerprint density at radius 3 is 2.65 bits per heavy atom. The number of thioether (sulfide) groups is 1. The van der Waals surface area contributed by atoms with Crippen molar-refractivity contribution >= 4 is 29.4 Å². The second-order valence-electron chi connectivity index (χ2n) is 5.24. The number of piperazine rings is 1. The Kier molecular flexibility index (Phi) is 6.73. The third-order valence-electron chi connectivity index (χ3n) is 3.62. The summed E-state index contributed by atoms with van der Waals surface area (Å²) in [6.07, 6.45) is 1.73. The molecule has 1 saturated heterocycles. The Morgan fingerprint density at radius 1 is 1.26 bits per heavy atom. The quantitative estimate of drug-likeness (QED) is 0.834. The summed E-state index contributed by atoms with van der Waals surface area (Å²) in [6, 6.07) is 7.78. The molecule has 7 heteroatoms. The Labute approximate surface area is 141 Å². The maximum atomic E-state index is 12.1. The van der Waals surface area contributed by atoms with Crippen LogP contribution in [0.4, 0.5) is 10.5 Å². The highest BCUT2D eigenvalue weighted by Gasteiger charge is 2.23. The van der Waals surface area contributed by atoms with Gasteiger partial charge in [-0.15, -0.1) is 11.8 Å². The number of ether oxygens (including phenoxy) is 1. The van der Waals surface area contributed by atoms with Gasteiger partial charge in [-0.25, -0.2) is 4.79 Å². The molecule has 1 heterocycles. The molecule has 6 nitrogen and oxygen atoms in total. The Hall–Kier alpha value is -1.73. The second-order valence-corrected chi connectivity index (χ2v) is 6.12. The number of carbonyl (C=O) groups is 2. The van der Waals surface area contributed by atoms with E-state index in [1.165, 1.54) is 0 Å². The van der Waals surface area contributed by atoms with Gasteiger partial charge in [-0.1, -0.05) is 6.07 Å². The molecule has 0 atom stereocenters. The van der Waals surface area contributed by atoms with Gasteiger partial charge in [0.05, 0.1) is 13.2 Å². The van der Waals surface area contributed by atoms with Crippen molar-refractivity contribution < 1.29 is 14.3 Å². The number of nitrogens with zero attached hydrogens (tertiary/aromatic N) is 2. The molecule has 1 fully saturated rings. The molecule has 0 aromatic heterocycles. The van der Waals surface area contributed by atoms with Crippen LogP contribution in [0.25, 0.3) is 0 Å². The monoisotopic (exact) mass is 337 g/mol. The first-order chi connectivity index (χ1) is 11.1. The SMILES string of the molecule is CCOC(=O)N1CCN(CC(=O)Nc2cccc(SC)c2)CC1. The number of benzene rings is 1. The van der Waals surface area contributed by atoms with E-state index in [0.717, 1.165) is 10.6 Å². The number of anilines is 1. The summed E-state index contributed by atoms with van der Waals surface area (Å²) < 4.78 is 4.99. The van der Waals surface area contributed by atoms with Crippen LogP contribution in [0.1, 0.15) is 6.92 Å². The van der Waals surface area contributed by atoms with Crippen molar-refractivity contribution in [3.63, 3.8) is 0 Å². The van der Waals surface area contributed by atoms with Gasteiger partial charge in [-0.3, -0.25) is 9.69 Å². The summed E-state index contributed by atoms with van der Waals surface area (Å²) in [5.74, 6) is -0.0344. The van der Waals surface area contributed by atoms with Gasteiger partial charge in [-0.05, 0) is 31.4 Å². The number of nitrogens with one attached hydrogen (secondary N) is 1. The summed E-state index contributed by atoms with van der Waals surface area (Å²) >= 11 is 1.64. The molecule has 126 valence electrons. The average molecular weight is 337 g/mol. The smallest absolute Gasteiger partial charge is 0.409 e. The standard InChI is InChI=1S/C16H23N3O3S/c1-3-22-16(21)19-9-7-18(8-10-19)12-15(20)17-13-5-4-6-14(11-13)23-2/h4-6,11H,3,7-10,12H2,1-2H3,(H,17,20). The molecule has 2 rings (SSSR count). The van der Waals surface area contributed by atoms with Crippen LogP contribution in [-0.2, 0) is 9.53 Å². The van der Waals surface area contributed by atoms with Crippen molar-refractivity contribution in [1.29, 1.82) is 0 Å². The fraction of sp³-hybridized carbons (Fsp3) is 0.500. The van der Waals surface area contributed by atoms with E-state index in [-0.39, 0.29) is 12.0 Å². The fourth-order valence-electron chi connectivity index (χ4n) is 2.41. The highest BCUT2D eigenvalue weighted by molar-refractivity contribution is 7.98. The molecular weight excluding hydrogens is 314 g/mol. The third kappa shape index (κ3) is 5.44. The lowest BCUT2D eigenvalue weighted by atomic mass is 10.3. The zero-order valence-electron chi connectivity index (χ0n) is 13.6. The summed E-state index contributed by atoms with van der Waals surface area (Å²) in [6.45, 7) is 5.05. The topological polar surface area (TPSA) is 61.9 Å². The lowest BCUT2D eigenvalue weighted by Crippen LogP contribution is -2.50. The van der Waals surface area contributed by atoms with Gasteiger partial charge in [0.25, 0.3) is 0 Å². The molecule has 0 unspecified atom stereocenters. The van der Waals surface area contributed by atoms with Crippen LogP contribution in [0.15, 0.2) is 29.2 Å². The third-order valence-corrected chi connectivity index (χ3v) is 4.34. The minimum atomic E-state index is -0.273. The Balaban J connectivity index is 1.77. The van der Waals surface area contributed by atoms with E-state index in [1.54, 1.807) is 23.6 Å². The molecule has 1 aliphatic heterocycles. The normalized spacial score (nSPS) is 15.3. The van der Waals surface area contributed by atoms with Gasteiger partial charge in [0, 0.05) is 36.8 Å². The first-order valence-electron chi connectivity index (χ1n) is 7.70. The second kappa shape index (κ2) is 8.79. The Morgan fingerprint density at radius 2 is 2.00 bits per heavy atom. The molecule has 23 heavy (non-hydrogen) atoms. The lowest BCUT2D eigenvalue weighted by molar-refractivity contribution is -0.117. The molecule has 2 amide bonds. The van der Waals surface area contributed by atoms with Crippen LogP contribution in [0.2, 0.25) is 0 Å². The minimum Gasteiger partial charge on any atom is -0.450 e. The van der Waals surface area contributed by atoms with Crippen molar-refractivity contribution in [2.45, 2.75) is 11.8 Å². The van der Waals surface area contributed by atoms with Crippen LogP contribution in [-0.4, -0.2) is 67.4 Å². The molecule has 0 spiro atoms. The molecule has 0 radical (unpaired) electrons. The summed E-state index contributed by atoms with van der Waals surface area (Å²) in [4.78, 5) is 28.6. The first kappa shape index (κ1) is 17.6. The molecule has 0 aliphatic carbocycles. The number of hydrogen-bond acceptors (Lipinski definition) is 5. The molecular formula is C16H23N3O3S. The van der Waals surface area contributed by atoms with Crippen LogP contribution in [0.3, 0.4) is 0 Å². The number of carbonyl (C=O) groups excluding carboxylic acids is 2. The van der Waals surface area contributed by atoms with Crippen molar-refractivity contribution in [2.24, 2.45) is 0 Å². The number of amides is 2. The number of rotatable bonds is 5.